The van der Waals surface area contributed by atoms with E-state index in [1.807, 2.05) is 0 Å². The van der Waals surface area contributed by atoms with Crippen LogP contribution in [-0.2, 0) is 4.79 Å². The molecule has 2 N–H and O–H groups in total. The van der Waals surface area contributed by atoms with Gasteiger partial charge in [-0.05, 0) is 6.07 Å². The molecular weight excluding hydrogens is 146 g/mol. The molecule has 0 atom stereocenters. The number of nitrogens with two attached hydrogens (primary N) is 1. The highest BCUT2D eigenvalue weighted by molar-refractivity contribution is 5.58. The molecule has 1 aromatic rings. The standard InChI is InChI=1S/C6H7N3O2/c7-9(5-10)8-4-2-1-3-6(8)11/h1-5H,7H2. The number of hydrazine groups is 1. The molecule has 0 radical (unpaired) electrons. The van der Waals surface area contributed by atoms with Gasteiger partial charge in [-0.2, -0.15) is 5.12 Å². The first-order valence-corrected chi connectivity index (χ1v) is 2.93. The first kappa shape index (κ1) is 7.49. The summed E-state index contributed by atoms with van der Waals surface area (Å²) in [4.78, 5) is 21.0. The minimum Gasteiger partial charge on any atom is -0.275 e. The van der Waals surface area contributed by atoms with Gasteiger partial charge in [-0.15, -0.1) is 0 Å². The molecule has 11 heavy (non-hydrogen) atoms. The fourth-order valence-corrected chi connectivity index (χ4v) is 0.660. The fourth-order valence-electron chi connectivity index (χ4n) is 0.660. The van der Waals surface area contributed by atoms with E-state index in [0.29, 0.717) is 11.5 Å². The van der Waals surface area contributed by atoms with Crippen molar-refractivity contribution in [3.63, 3.8) is 0 Å². The second-order valence-corrected chi connectivity index (χ2v) is 1.87. The minimum absolute atomic E-state index is 0.345. The van der Waals surface area contributed by atoms with Crippen molar-refractivity contribution in [3.05, 3.63) is 34.7 Å². The summed E-state index contributed by atoms with van der Waals surface area (Å²) in [5.41, 5.74) is -0.345. The van der Waals surface area contributed by atoms with E-state index in [-0.39, 0.29) is 5.56 Å². The second-order valence-electron chi connectivity index (χ2n) is 1.87. The lowest BCUT2D eigenvalue weighted by Crippen LogP contribution is -2.45. The Hall–Kier alpha value is -1.62. The number of aromatic nitrogens is 1. The van der Waals surface area contributed by atoms with Crippen molar-refractivity contribution >= 4 is 6.41 Å². The zero-order valence-corrected chi connectivity index (χ0v) is 5.68. The van der Waals surface area contributed by atoms with E-state index in [1.165, 1.54) is 12.3 Å². The summed E-state index contributed by atoms with van der Waals surface area (Å²) in [7, 11) is 0. The molecule has 0 unspecified atom stereocenters. The van der Waals surface area contributed by atoms with Crippen LogP contribution in [0.25, 0.3) is 0 Å². The van der Waals surface area contributed by atoms with Gasteiger partial charge >= 0.3 is 0 Å². The number of carbonyl (C=O) groups excluding carboxylic acids is 1. The van der Waals surface area contributed by atoms with Crippen molar-refractivity contribution in [2.75, 3.05) is 5.12 Å². The van der Waals surface area contributed by atoms with Crippen molar-refractivity contribution in [2.45, 2.75) is 0 Å². The van der Waals surface area contributed by atoms with Crippen LogP contribution >= 0.6 is 0 Å². The zero-order chi connectivity index (χ0) is 8.27. The lowest BCUT2D eigenvalue weighted by molar-refractivity contribution is -0.108. The number of rotatable bonds is 2. The van der Waals surface area contributed by atoms with Gasteiger partial charge in [-0.1, -0.05) is 6.07 Å². The molecule has 0 fully saturated rings. The summed E-state index contributed by atoms with van der Waals surface area (Å²) in [6, 6.07) is 4.48. The fraction of sp³-hybridized carbons (Fsp3) is 0. The van der Waals surface area contributed by atoms with Crippen LogP contribution in [0, 0.1) is 0 Å². The quantitative estimate of drug-likeness (QED) is 0.251. The van der Waals surface area contributed by atoms with Gasteiger partial charge in [0, 0.05) is 12.3 Å². The maximum absolute atomic E-state index is 10.9. The Morgan fingerprint density at radius 1 is 1.55 bits per heavy atom. The normalized spacial score (nSPS) is 9.18. The van der Waals surface area contributed by atoms with E-state index in [0.717, 1.165) is 4.68 Å². The van der Waals surface area contributed by atoms with Crippen LogP contribution in [-0.4, -0.2) is 11.1 Å². The van der Waals surface area contributed by atoms with Crippen molar-refractivity contribution < 1.29 is 4.79 Å². The molecule has 0 spiro atoms. The molecule has 1 aromatic heterocycles. The van der Waals surface area contributed by atoms with Gasteiger partial charge < -0.3 is 0 Å². The Labute approximate surface area is 62.6 Å². The SMILES string of the molecule is NN(C=O)n1ccccc1=O. The Morgan fingerprint density at radius 2 is 2.27 bits per heavy atom. The van der Waals surface area contributed by atoms with Gasteiger partial charge in [0.05, 0.1) is 0 Å². The topological polar surface area (TPSA) is 68.3 Å². The van der Waals surface area contributed by atoms with Gasteiger partial charge in [0.2, 0.25) is 6.41 Å². The molecule has 5 heteroatoms. The summed E-state index contributed by atoms with van der Waals surface area (Å²) >= 11 is 0. The summed E-state index contributed by atoms with van der Waals surface area (Å²) in [5, 5.41) is 0.669. The highest BCUT2D eigenvalue weighted by Crippen LogP contribution is 1.77. The molecule has 0 saturated heterocycles. The molecule has 1 rings (SSSR count). The Morgan fingerprint density at radius 3 is 2.82 bits per heavy atom. The molecular formula is C6H7N3O2. The minimum atomic E-state index is -0.345. The number of carbonyl (C=O) groups is 1. The second kappa shape index (κ2) is 2.98. The molecule has 0 bridgehead atoms. The smallest absolute Gasteiger partial charge is 0.270 e. The Bertz CT molecular complexity index is 307. The molecule has 0 aliphatic carbocycles. The van der Waals surface area contributed by atoms with E-state index in [2.05, 4.69) is 0 Å². The molecule has 0 aromatic carbocycles. The third-order valence-electron chi connectivity index (χ3n) is 1.16. The number of pyridine rings is 1. The first-order chi connectivity index (χ1) is 5.25. The monoisotopic (exact) mass is 153 g/mol. The molecule has 1 heterocycles. The molecule has 0 aliphatic heterocycles. The van der Waals surface area contributed by atoms with Gasteiger partial charge in [0.15, 0.2) is 0 Å². The third kappa shape index (κ3) is 1.44. The average Bonchev–Trinajstić information content (AvgIpc) is 2.04. The molecule has 0 saturated carbocycles. The number of amides is 1. The number of nitrogens with zero attached hydrogens (tertiary/aromatic N) is 2. The van der Waals surface area contributed by atoms with Crippen LogP contribution in [0.4, 0.5) is 0 Å². The molecule has 0 aliphatic rings. The van der Waals surface area contributed by atoms with Crippen molar-refractivity contribution in [1.29, 1.82) is 0 Å². The van der Waals surface area contributed by atoms with Crippen molar-refractivity contribution in [1.82, 2.24) is 4.68 Å². The number of hydrogen-bond donors (Lipinski definition) is 1. The lowest BCUT2D eigenvalue weighted by Gasteiger charge is -2.11. The number of hydrogen-bond acceptors (Lipinski definition) is 3. The van der Waals surface area contributed by atoms with Gasteiger partial charge in [0.1, 0.15) is 0 Å². The van der Waals surface area contributed by atoms with Gasteiger partial charge in [0.25, 0.3) is 5.56 Å². The van der Waals surface area contributed by atoms with E-state index < -0.39 is 0 Å². The van der Waals surface area contributed by atoms with Crippen molar-refractivity contribution in [2.24, 2.45) is 5.84 Å². The third-order valence-corrected chi connectivity index (χ3v) is 1.16. The highest BCUT2D eigenvalue weighted by Gasteiger charge is 1.96. The van der Waals surface area contributed by atoms with Crippen LogP contribution in [0.15, 0.2) is 29.2 Å². The lowest BCUT2D eigenvalue weighted by atomic mass is 10.5. The Kier molecular flexibility index (Phi) is 2.03. The predicted octanol–water partition coefficient (Wildman–Crippen LogP) is -1.18. The highest BCUT2D eigenvalue weighted by atomic mass is 16.2. The van der Waals surface area contributed by atoms with Crippen LogP contribution in [0.2, 0.25) is 0 Å². The van der Waals surface area contributed by atoms with E-state index in [9.17, 15) is 9.59 Å². The molecule has 58 valence electrons. The van der Waals surface area contributed by atoms with E-state index >= 15 is 0 Å². The van der Waals surface area contributed by atoms with E-state index in [1.54, 1.807) is 12.1 Å². The summed E-state index contributed by atoms with van der Waals surface area (Å²) < 4.78 is 0.993. The maximum atomic E-state index is 10.9. The largest absolute Gasteiger partial charge is 0.275 e. The maximum Gasteiger partial charge on any atom is 0.270 e. The van der Waals surface area contributed by atoms with Crippen LogP contribution in [0.5, 0.6) is 0 Å². The Balaban J connectivity index is 3.13. The summed E-state index contributed by atoms with van der Waals surface area (Å²) in [6.45, 7) is 0. The van der Waals surface area contributed by atoms with Gasteiger partial charge in [-0.25, -0.2) is 10.5 Å². The van der Waals surface area contributed by atoms with Crippen molar-refractivity contribution in [3.8, 4) is 0 Å². The first-order valence-electron chi connectivity index (χ1n) is 2.93. The molecule has 1 amide bonds. The van der Waals surface area contributed by atoms with Crippen LogP contribution < -0.4 is 16.5 Å². The molecule has 5 nitrogen and oxygen atoms in total. The average molecular weight is 153 g/mol. The zero-order valence-electron chi connectivity index (χ0n) is 5.68. The van der Waals surface area contributed by atoms with Gasteiger partial charge in [-0.3, -0.25) is 9.59 Å². The summed E-state index contributed by atoms with van der Waals surface area (Å²) in [5.74, 6) is 5.12. The predicted molar refractivity (Wildman–Crippen MR) is 39.2 cm³/mol. The van der Waals surface area contributed by atoms with Crippen LogP contribution in [0.3, 0.4) is 0 Å². The van der Waals surface area contributed by atoms with Crippen LogP contribution in [0.1, 0.15) is 0 Å². The summed E-state index contributed by atoms with van der Waals surface area (Å²) in [6.07, 6.45) is 1.75. The van der Waals surface area contributed by atoms with E-state index in [4.69, 9.17) is 5.84 Å².